The molecule has 0 saturated heterocycles. The fourth-order valence-corrected chi connectivity index (χ4v) is 1.46. The van der Waals surface area contributed by atoms with Crippen LogP contribution < -0.4 is 5.73 Å². The zero-order valence-corrected chi connectivity index (χ0v) is 7.84. The Bertz CT molecular complexity index is 152. The molecule has 1 rings (SSSR count). The molecule has 0 spiro atoms. The highest BCUT2D eigenvalue weighted by atomic mass is 15.1. The van der Waals surface area contributed by atoms with Crippen LogP contribution in [0.3, 0.4) is 0 Å². The Balaban J connectivity index is 2.20. The van der Waals surface area contributed by atoms with Gasteiger partial charge in [-0.15, -0.1) is 0 Å². The van der Waals surface area contributed by atoms with Gasteiger partial charge in [-0.05, 0) is 31.7 Å². The summed E-state index contributed by atoms with van der Waals surface area (Å²) in [5, 5.41) is 7.20. The molecule has 0 unspecified atom stereocenters. The van der Waals surface area contributed by atoms with Crippen LogP contribution in [-0.2, 0) is 0 Å². The van der Waals surface area contributed by atoms with E-state index in [0.29, 0.717) is 12.4 Å². The van der Waals surface area contributed by atoms with E-state index in [1.54, 1.807) is 0 Å². The fraction of sp³-hybridized carbons (Fsp3) is 0.889. The maximum atomic E-state index is 7.20. The van der Waals surface area contributed by atoms with Crippen LogP contribution in [-0.4, -0.2) is 30.4 Å². The summed E-state index contributed by atoms with van der Waals surface area (Å²) in [7, 11) is 0. The molecule has 0 atom stereocenters. The average Bonchev–Trinajstić information content (AvgIpc) is 2.70. The third-order valence-electron chi connectivity index (χ3n) is 2.15. The molecule has 0 heterocycles. The molecule has 70 valence electrons. The van der Waals surface area contributed by atoms with Crippen molar-refractivity contribution in [3.05, 3.63) is 0 Å². The molecule has 0 aromatic rings. The van der Waals surface area contributed by atoms with Crippen molar-refractivity contribution in [2.45, 2.75) is 26.2 Å². The molecule has 1 fully saturated rings. The van der Waals surface area contributed by atoms with Gasteiger partial charge in [-0.1, -0.05) is 6.92 Å². The Morgan fingerprint density at radius 3 is 2.67 bits per heavy atom. The van der Waals surface area contributed by atoms with Crippen molar-refractivity contribution >= 4 is 5.84 Å². The van der Waals surface area contributed by atoms with E-state index in [2.05, 4.69) is 11.8 Å². The number of nitrogens with zero attached hydrogens (tertiary/aromatic N) is 1. The second-order valence-corrected chi connectivity index (χ2v) is 3.70. The summed E-state index contributed by atoms with van der Waals surface area (Å²) in [5.74, 6) is 1.19. The van der Waals surface area contributed by atoms with Gasteiger partial charge in [-0.2, -0.15) is 0 Å². The lowest BCUT2D eigenvalue weighted by Crippen LogP contribution is -2.35. The van der Waals surface area contributed by atoms with Crippen LogP contribution in [0.1, 0.15) is 26.2 Å². The van der Waals surface area contributed by atoms with E-state index in [0.717, 1.165) is 25.4 Å². The SMILES string of the molecule is CCCN(CC(=N)N)CC1CC1. The van der Waals surface area contributed by atoms with Gasteiger partial charge < -0.3 is 5.73 Å². The van der Waals surface area contributed by atoms with Crippen molar-refractivity contribution in [3.8, 4) is 0 Å². The van der Waals surface area contributed by atoms with Gasteiger partial charge >= 0.3 is 0 Å². The van der Waals surface area contributed by atoms with Crippen molar-refractivity contribution in [3.63, 3.8) is 0 Å². The van der Waals surface area contributed by atoms with Gasteiger partial charge in [0.05, 0.1) is 6.54 Å². The molecule has 12 heavy (non-hydrogen) atoms. The Kier molecular flexibility index (Phi) is 3.53. The van der Waals surface area contributed by atoms with Gasteiger partial charge in [0, 0.05) is 6.54 Å². The third-order valence-corrected chi connectivity index (χ3v) is 2.15. The lowest BCUT2D eigenvalue weighted by atomic mass is 10.3. The number of nitrogens with one attached hydrogen (secondary N) is 1. The Hall–Kier alpha value is -0.570. The summed E-state index contributed by atoms with van der Waals surface area (Å²) >= 11 is 0. The molecule has 0 aromatic carbocycles. The highest BCUT2D eigenvalue weighted by Crippen LogP contribution is 2.29. The zero-order valence-electron chi connectivity index (χ0n) is 7.84. The summed E-state index contributed by atoms with van der Waals surface area (Å²) in [6, 6.07) is 0. The monoisotopic (exact) mass is 169 g/mol. The van der Waals surface area contributed by atoms with Gasteiger partial charge in [0.15, 0.2) is 0 Å². The lowest BCUT2D eigenvalue weighted by Gasteiger charge is -2.20. The van der Waals surface area contributed by atoms with E-state index in [1.807, 2.05) is 0 Å². The minimum atomic E-state index is 0.295. The first kappa shape index (κ1) is 9.52. The standard InChI is InChI=1S/C9H19N3/c1-2-5-12(7-9(10)11)6-8-3-4-8/h8H,2-7H2,1H3,(H3,10,11). The molecule has 0 radical (unpaired) electrons. The molecule has 0 aromatic heterocycles. The van der Waals surface area contributed by atoms with Gasteiger partial charge in [0.25, 0.3) is 0 Å². The van der Waals surface area contributed by atoms with Crippen molar-refractivity contribution in [2.75, 3.05) is 19.6 Å². The van der Waals surface area contributed by atoms with Crippen LogP contribution in [0, 0.1) is 11.3 Å². The van der Waals surface area contributed by atoms with E-state index < -0.39 is 0 Å². The molecule has 1 saturated carbocycles. The highest BCUT2D eigenvalue weighted by molar-refractivity contribution is 5.78. The third kappa shape index (κ3) is 3.72. The van der Waals surface area contributed by atoms with Crippen molar-refractivity contribution in [1.82, 2.24) is 4.90 Å². The van der Waals surface area contributed by atoms with Crippen molar-refractivity contribution < 1.29 is 0 Å². The molecule has 0 bridgehead atoms. The number of rotatable bonds is 6. The smallest absolute Gasteiger partial charge is 0.105 e. The van der Waals surface area contributed by atoms with Gasteiger partial charge in [0.1, 0.15) is 5.84 Å². The molecule has 0 amide bonds. The minimum Gasteiger partial charge on any atom is -0.387 e. The quantitative estimate of drug-likeness (QED) is 0.461. The van der Waals surface area contributed by atoms with Gasteiger partial charge in [0.2, 0.25) is 0 Å². The Morgan fingerprint density at radius 1 is 1.58 bits per heavy atom. The first-order chi connectivity index (χ1) is 5.72. The number of amidine groups is 1. The van der Waals surface area contributed by atoms with Crippen LogP contribution in [0.15, 0.2) is 0 Å². The van der Waals surface area contributed by atoms with E-state index >= 15 is 0 Å². The molecule has 3 N–H and O–H groups in total. The van der Waals surface area contributed by atoms with E-state index in [4.69, 9.17) is 11.1 Å². The predicted molar refractivity (Wildman–Crippen MR) is 51.4 cm³/mol. The summed E-state index contributed by atoms with van der Waals surface area (Å²) in [6.07, 6.45) is 3.90. The van der Waals surface area contributed by atoms with Crippen molar-refractivity contribution in [1.29, 1.82) is 5.41 Å². The second-order valence-electron chi connectivity index (χ2n) is 3.70. The lowest BCUT2D eigenvalue weighted by molar-refractivity contribution is 0.298. The molecular weight excluding hydrogens is 150 g/mol. The molecule has 3 heteroatoms. The van der Waals surface area contributed by atoms with Crippen LogP contribution in [0.25, 0.3) is 0 Å². The second kappa shape index (κ2) is 4.45. The molecule has 1 aliphatic rings. The minimum absolute atomic E-state index is 0.295. The summed E-state index contributed by atoms with van der Waals surface area (Å²) in [6.45, 7) is 5.05. The molecule has 0 aliphatic heterocycles. The first-order valence-corrected chi connectivity index (χ1v) is 4.77. The highest BCUT2D eigenvalue weighted by Gasteiger charge is 2.23. The summed E-state index contributed by atoms with van der Waals surface area (Å²) in [4.78, 5) is 2.29. The number of hydrogen-bond donors (Lipinski definition) is 2. The van der Waals surface area contributed by atoms with Crippen LogP contribution in [0.4, 0.5) is 0 Å². The summed E-state index contributed by atoms with van der Waals surface area (Å²) < 4.78 is 0. The first-order valence-electron chi connectivity index (χ1n) is 4.77. The molecule has 1 aliphatic carbocycles. The maximum Gasteiger partial charge on any atom is 0.105 e. The average molecular weight is 169 g/mol. The topological polar surface area (TPSA) is 53.1 Å². The van der Waals surface area contributed by atoms with E-state index in [-0.39, 0.29) is 0 Å². The Morgan fingerprint density at radius 2 is 2.25 bits per heavy atom. The van der Waals surface area contributed by atoms with E-state index in [1.165, 1.54) is 12.8 Å². The number of hydrogen-bond acceptors (Lipinski definition) is 2. The largest absolute Gasteiger partial charge is 0.387 e. The molecular formula is C9H19N3. The fourth-order valence-electron chi connectivity index (χ4n) is 1.46. The Labute approximate surface area is 74.4 Å². The number of nitrogens with two attached hydrogens (primary N) is 1. The van der Waals surface area contributed by atoms with Crippen LogP contribution in [0.2, 0.25) is 0 Å². The van der Waals surface area contributed by atoms with Gasteiger partial charge in [-0.3, -0.25) is 10.3 Å². The van der Waals surface area contributed by atoms with Crippen molar-refractivity contribution in [2.24, 2.45) is 11.7 Å². The predicted octanol–water partition coefficient (Wildman–Crippen LogP) is 1.04. The van der Waals surface area contributed by atoms with Crippen LogP contribution >= 0.6 is 0 Å². The van der Waals surface area contributed by atoms with Crippen LogP contribution in [0.5, 0.6) is 0 Å². The van der Waals surface area contributed by atoms with Gasteiger partial charge in [-0.25, -0.2) is 0 Å². The maximum absolute atomic E-state index is 7.20. The zero-order chi connectivity index (χ0) is 8.97. The molecule has 3 nitrogen and oxygen atoms in total. The summed E-state index contributed by atoms with van der Waals surface area (Å²) in [5.41, 5.74) is 5.36. The van der Waals surface area contributed by atoms with E-state index in [9.17, 15) is 0 Å². The normalized spacial score (nSPS) is 16.8.